The van der Waals surface area contributed by atoms with Crippen molar-refractivity contribution in [1.29, 1.82) is 0 Å². The summed E-state index contributed by atoms with van der Waals surface area (Å²) in [5.41, 5.74) is 4.74. The minimum Gasteiger partial charge on any atom is -0.507 e. The maximum Gasteiger partial charge on any atom is 2.00 e. The van der Waals surface area contributed by atoms with E-state index in [9.17, 15) is 5.11 Å². The first kappa shape index (κ1) is 26.2. The zero-order chi connectivity index (χ0) is 16.5. The van der Waals surface area contributed by atoms with Crippen LogP contribution in [0.4, 0.5) is 5.69 Å². The normalized spacial score (nSPS) is 10.6. The molecule has 0 spiro atoms. The molecule has 0 aliphatic carbocycles. The molecule has 25 heavy (non-hydrogen) atoms. The third-order valence-electron chi connectivity index (χ3n) is 3.66. The van der Waals surface area contributed by atoms with Gasteiger partial charge in [0.1, 0.15) is 5.75 Å². The van der Waals surface area contributed by atoms with E-state index in [0.717, 1.165) is 32.4 Å². The van der Waals surface area contributed by atoms with Crippen molar-refractivity contribution >= 4 is 27.8 Å². The van der Waals surface area contributed by atoms with Crippen LogP contribution in [0.2, 0.25) is 0 Å². The summed E-state index contributed by atoms with van der Waals surface area (Å²) in [5, 5.41) is 10.5. The van der Waals surface area contributed by atoms with Crippen LogP contribution in [0.5, 0.6) is 5.75 Å². The van der Waals surface area contributed by atoms with Gasteiger partial charge in [-0.25, -0.2) is 0 Å². The van der Waals surface area contributed by atoms with Crippen molar-refractivity contribution in [2.24, 2.45) is 4.99 Å². The van der Waals surface area contributed by atoms with Crippen molar-refractivity contribution in [2.75, 3.05) is 0 Å². The average molecular weight is 491 g/mol. The molecule has 2 nitrogen and oxygen atoms in total. The van der Waals surface area contributed by atoms with Crippen molar-refractivity contribution in [2.45, 2.75) is 40.0 Å². The molecule has 2 aromatic carbocycles. The summed E-state index contributed by atoms with van der Waals surface area (Å²) < 4.78 is 1.05. The van der Waals surface area contributed by atoms with Gasteiger partial charge in [0.25, 0.3) is 0 Å². The summed E-state index contributed by atoms with van der Waals surface area (Å²) in [5.74, 6) is 0.311. The monoisotopic (exact) mass is 491 g/mol. The second-order valence-electron chi connectivity index (χ2n) is 6.64. The van der Waals surface area contributed by atoms with Gasteiger partial charge in [0.15, 0.2) is 0 Å². The Morgan fingerprint density at radius 1 is 1.04 bits per heavy atom. The van der Waals surface area contributed by atoms with E-state index in [0.29, 0.717) is 5.75 Å². The number of rotatable bonds is 2. The predicted molar refractivity (Wildman–Crippen MR) is 111 cm³/mol. The van der Waals surface area contributed by atoms with E-state index in [1.807, 2.05) is 44.2 Å². The average Bonchev–Trinajstić information content (AvgIpc) is 2.37. The number of nitrogens with zero attached hydrogens (tertiary/aromatic N) is 1. The molecule has 0 aliphatic rings. The summed E-state index contributed by atoms with van der Waals surface area (Å²) in [6.45, 7) is 10.3. The number of hydrogen-bond acceptors (Lipinski definition) is 2. The SMILES string of the molecule is Cc1cc(Br)cc(C)c1N=Cc1cccc(C(C)(C)C)c1O.[CH3-].[CH3-].[Ru+2]. The van der Waals surface area contributed by atoms with Gasteiger partial charge in [-0.05, 0) is 54.2 Å². The number of halogens is 1. The minimum absolute atomic E-state index is 0. The Morgan fingerprint density at radius 2 is 1.56 bits per heavy atom. The van der Waals surface area contributed by atoms with Gasteiger partial charge >= 0.3 is 19.5 Å². The van der Waals surface area contributed by atoms with Crippen LogP contribution in [0.3, 0.4) is 0 Å². The van der Waals surface area contributed by atoms with Crippen LogP contribution in [0, 0.1) is 28.7 Å². The first-order valence-corrected chi connectivity index (χ1v) is 8.12. The van der Waals surface area contributed by atoms with E-state index in [1.54, 1.807) is 6.21 Å². The molecule has 0 aromatic heterocycles. The van der Waals surface area contributed by atoms with Crippen LogP contribution in [0.15, 0.2) is 39.8 Å². The van der Waals surface area contributed by atoms with Gasteiger partial charge in [0.2, 0.25) is 0 Å². The number of phenolic OH excluding ortho intramolecular Hbond substituents is 1. The molecule has 0 bridgehead atoms. The molecule has 0 aliphatic heterocycles. The van der Waals surface area contributed by atoms with Gasteiger partial charge in [0.05, 0.1) is 5.69 Å². The number of para-hydroxylation sites is 1. The molecule has 0 saturated heterocycles. The summed E-state index contributed by atoms with van der Waals surface area (Å²) in [7, 11) is 0. The molecule has 4 heteroatoms. The smallest absolute Gasteiger partial charge is 0.507 e. The first-order chi connectivity index (χ1) is 10.2. The molecule has 2 aromatic rings. The number of phenols is 1. The van der Waals surface area contributed by atoms with Crippen molar-refractivity contribution < 1.29 is 24.6 Å². The molecular weight excluding hydrogens is 463 g/mol. The second-order valence-corrected chi connectivity index (χ2v) is 7.56. The molecule has 0 heterocycles. The van der Waals surface area contributed by atoms with E-state index in [4.69, 9.17) is 0 Å². The van der Waals surface area contributed by atoms with Crippen LogP contribution in [-0.4, -0.2) is 11.3 Å². The fourth-order valence-electron chi connectivity index (χ4n) is 2.51. The summed E-state index contributed by atoms with van der Waals surface area (Å²) in [4.78, 5) is 4.59. The fourth-order valence-corrected chi connectivity index (χ4v) is 3.20. The Labute approximate surface area is 174 Å². The van der Waals surface area contributed by atoms with Crippen LogP contribution in [0.1, 0.15) is 43.0 Å². The molecule has 0 unspecified atom stereocenters. The Kier molecular flexibility index (Phi) is 10.7. The molecule has 0 saturated carbocycles. The second kappa shape index (κ2) is 10.2. The molecule has 1 N–H and O–H groups in total. The van der Waals surface area contributed by atoms with E-state index >= 15 is 0 Å². The third-order valence-corrected chi connectivity index (χ3v) is 4.12. The first-order valence-electron chi connectivity index (χ1n) is 7.33. The summed E-state index contributed by atoms with van der Waals surface area (Å²) >= 11 is 3.49. The quantitative estimate of drug-likeness (QED) is 0.283. The van der Waals surface area contributed by atoms with Crippen molar-refractivity contribution in [3.63, 3.8) is 0 Å². The number of hydrogen-bond donors (Lipinski definition) is 1. The van der Waals surface area contributed by atoms with E-state index < -0.39 is 0 Å². The molecule has 2 rings (SSSR count). The van der Waals surface area contributed by atoms with Gasteiger partial charge in [-0.3, -0.25) is 4.99 Å². The zero-order valence-corrected chi connectivity index (χ0v) is 19.4. The number of aliphatic imine (C=N–C) groups is 1. The summed E-state index contributed by atoms with van der Waals surface area (Å²) in [6, 6.07) is 9.90. The molecule has 0 radical (unpaired) electrons. The van der Waals surface area contributed by atoms with Crippen LogP contribution in [0.25, 0.3) is 0 Å². The summed E-state index contributed by atoms with van der Waals surface area (Å²) in [6.07, 6.45) is 1.74. The topological polar surface area (TPSA) is 32.6 Å². The Bertz CT molecular complexity index is 710. The van der Waals surface area contributed by atoms with Crippen LogP contribution < -0.4 is 0 Å². The van der Waals surface area contributed by atoms with Gasteiger partial charge in [-0.1, -0.05) is 48.8 Å². The van der Waals surface area contributed by atoms with Gasteiger partial charge in [-0.15, -0.1) is 0 Å². The van der Waals surface area contributed by atoms with Gasteiger partial charge in [0, 0.05) is 16.3 Å². The van der Waals surface area contributed by atoms with Gasteiger partial charge < -0.3 is 20.0 Å². The number of aromatic hydroxyl groups is 1. The van der Waals surface area contributed by atoms with Gasteiger partial charge in [-0.2, -0.15) is 0 Å². The maximum absolute atomic E-state index is 10.5. The van der Waals surface area contributed by atoms with Crippen LogP contribution in [-0.2, 0) is 24.9 Å². The van der Waals surface area contributed by atoms with E-state index in [-0.39, 0.29) is 39.7 Å². The molecule has 0 fully saturated rings. The standard InChI is InChI=1S/C19H22BrNO.2CH3.Ru/c1-12-9-15(20)10-13(2)17(12)21-11-14-7-6-8-16(18(14)22)19(3,4)5;;;/h6-11,22H,1-5H3;2*1H3;/q;2*-1;+2. The number of aryl methyl sites for hydroxylation is 2. The molecule has 138 valence electrons. The van der Waals surface area contributed by atoms with E-state index in [2.05, 4.69) is 41.7 Å². The molecule has 0 atom stereocenters. The predicted octanol–water partition coefficient (Wildman–Crippen LogP) is 6.72. The van der Waals surface area contributed by atoms with Crippen molar-refractivity contribution in [1.82, 2.24) is 0 Å². The Balaban J connectivity index is 0. The largest absolute Gasteiger partial charge is 2.00 e. The minimum atomic E-state index is -0.0998. The Hall–Kier alpha value is -0.987. The van der Waals surface area contributed by atoms with Crippen molar-refractivity contribution in [3.8, 4) is 5.75 Å². The van der Waals surface area contributed by atoms with Crippen molar-refractivity contribution in [3.05, 3.63) is 71.9 Å². The third kappa shape index (κ3) is 6.35. The maximum atomic E-state index is 10.5. The Morgan fingerprint density at radius 3 is 2.04 bits per heavy atom. The zero-order valence-electron chi connectivity index (χ0n) is 16.1. The molecule has 0 amide bonds. The molecular formula is C21H28BrNORu. The van der Waals surface area contributed by atoms with Crippen LogP contribution >= 0.6 is 15.9 Å². The van der Waals surface area contributed by atoms with E-state index in [1.165, 1.54) is 0 Å². The number of benzene rings is 2. The fraction of sp³-hybridized carbons (Fsp3) is 0.286.